The smallest absolute Gasteiger partial charge is 0.391 e. The molecule has 0 aliphatic heterocycles. The normalized spacial score (nSPS) is 13.9. The summed E-state index contributed by atoms with van der Waals surface area (Å²) in [5, 5.41) is 12.4. The largest absolute Gasteiger partial charge is 0.416 e. The van der Waals surface area contributed by atoms with Crippen LogP contribution in [-0.4, -0.2) is 23.7 Å². The summed E-state index contributed by atoms with van der Waals surface area (Å²) in [6, 6.07) is 4.46. The fourth-order valence-corrected chi connectivity index (χ4v) is 1.58. The van der Waals surface area contributed by atoms with E-state index < -0.39 is 17.8 Å². The lowest BCUT2D eigenvalue weighted by molar-refractivity contribution is -0.137. The minimum absolute atomic E-state index is 0.0188. The molecular formula is C15H20F3NO2. The van der Waals surface area contributed by atoms with Gasteiger partial charge in [-0.3, -0.25) is 4.79 Å². The zero-order chi connectivity index (χ0) is 16.3. The summed E-state index contributed by atoms with van der Waals surface area (Å²) in [6.45, 7) is 5.65. The molecule has 0 aliphatic rings. The third-order valence-electron chi connectivity index (χ3n) is 3.14. The molecule has 1 aromatic rings. The molecule has 0 aromatic heterocycles. The van der Waals surface area contributed by atoms with E-state index in [9.17, 15) is 23.1 Å². The molecule has 1 atom stereocenters. The van der Waals surface area contributed by atoms with Crippen LogP contribution in [0.4, 0.5) is 13.2 Å². The van der Waals surface area contributed by atoms with Gasteiger partial charge in [-0.25, -0.2) is 0 Å². The van der Waals surface area contributed by atoms with Crippen LogP contribution in [0.15, 0.2) is 24.3 Å². The van der Waals surface area contributed by atoms with Gasteiger partial charge < -0.3 is 10.4 Å². The van der Waals surface area contributed by atoms with Crippen LogP contribution in [0.1, 0.15) is 31.9 Å². The Morgan fingerprint density at radius 2 is 1.71 bits per heavy atom. The third kappa shape index (κ3) is 5.75. The van der Waals surface area contributed by atoms with Gasteiger partial charge in [0.25, 0.3) is 0 Å². The minimum atomic E-state index is -4.38. The SMILES string of the molecule is CC(C)(C)C(O)CNC(=O)Cc1ccc(C(F)(F)F)cc1. The molecule has 1 aromatic carbocycles. The maximum atomic E-state index is 12.4. The highest BCUT2D eigenvalue weighted by atomic mass is 19.4. The fourth-order valence-electron chi connectivity index (χ4n) is 1.58. The second kappa shape index (κ2) is 6.47. The lowest BCUT2D eigenvalue weighted by Gasteiger charge is -2.25. The first-order valence-electron chi connectivity index (χ1n) is 6.61. The van der Waals surface area contributed by atoms with Gasteiger partial charge in [0.05, 0.1) is 18.1 Å². The average Bonchev–Trinajstić information content (AvgIpc) is 2.34. The molecule has 0 saturated heterocycles. The van der Waals surface area contributed by atoms with Gasteiger partial charge in [-0.2, -0.15) is 13.2 Å². The monoisotopic (exact) mass is 303 g/mol. The number of carbonyl (C=O) groups excluding carboxylic acids is 1. The molecule has 0 bridgehead atoms. The Morgan fingerprint density at radius 3 is 2.14 bits per heavy atom. The van der Waals surface area contributed by atoms with Crippen LogP contribution < -0.4 is 5.32 Å². The van der Waals surface area contributed by atoms with E-state index in [4.69, 9.17) is 0 Å². The number of aliphatic hydroxyl groups is 1. The molecule has 0 fully saturated rings. The van der Waals surface area contributed by atoms with Gasteiger partial charge in [0.1, 0.15) is 0 Å². The Labute approximate surface area is 122 Å². The molecule has 1 rings (SSSR count). The van der Waals surface area contributed by atoms with E-state index in [1.165, 1.54) is 12.1 Å². The first-order chi connectivity index (χ1) is 9.50. The molecule has 2 N–H and O–H groups in total. The van der Waals surface area contributed by atoms with E-state index in [1.54, 1.807) is 0 Å². The molecule has 3 nitrogen and oxygen atoms in total. The fraction of sp³-hybridized carbons (Fsp3) is 0.533. The maximum Gasteiger partial charge on any atom is 0.416 e. The number of alkyl halides is 3. The molecule has 1 unspecified atom stereocenters. The first-order valence-corrected chi connectivity index (χ1v) is 6.61. The van der Waals surface area contributed by atoms with Crippen molar-refractivity contribution in [2.24, 2.45) is 5.41 Å². The lowest BCUT2D eigenvalue weighted by atomic mass is 9.89. The van der Waals surface area contributed by atoms with Crippen molar-refractivity contribution in [1.82, 2.24) is 5.32 Å². The van der Waals surface area contributed by atoms with Gasteiger partial charge in [0, 0.05) is 6.54 Å². The van der Waals surface area contributed by atoms with Crippen LogP contribution in [-0.2, 0) is 17.4 Å². The van der Waals surface area contributed by atoms with Crippen molar-refractivity contribution in [2.45, 2.75) is 39.5 Å². The molecule has 1 amide bonds. The van der Waals surface area contributed by atoms with Crippen molar-refractivity contribution < 1.29 is 23.1 Å². The number of carbonyl (C=O) groups is 1. The molecular weight excluding hydrogens is 283 g/mol. The minimum Gasteiger partial charge on any atom is -0.391 e. The highest BCUT2D eigenvalue weighted by molar-refractivity contribution is 5.78. The number of benzene rings is 1. The molecule has 0 heterocycles. The summed E-state index contributed by atoms with van der Waals surface area (Å²) in [4.78, 5) is 11.7. The van der Waals surface area contributed by atoms with Crippen LogP contribution in [0.2, 0.25) is 0 Å². The summed E-state index contributed by atoms with van der Waals surface area (Å²) in [7, 11) is 0. The van der Waals surface area contributed by atoms with Crippen LogP contribution in [0.5, 0.6) is 0 Å². The number of nitrogens with one attached hydrogen (secondary N) is 1. The molecule has 0 spiro atoms. The molecule has 6 heteroatoms. The van der Waals surface area contributed by atoms with Crippen molar-refractivity contribution in [3.8, 4) is 0 Å². The summed E-state index contributed by atoms with van der Waals surface area (Å²) in [5.74, 6) is -0.335. The van der Waals surface area contributed by atoms with Crippen molar-refractivity contribution in [3.05, 3.63) is 35.4 Å². The standard InChI is InChI=1S/C15H20F3NO2/c1-14(2,3)12(20)9-19-13(21)8-10-4-6-11(7-5-10)15(16,17)18/h4-7,12,20H,8-9H2,1-3H3,(H,19,21). The third-order valence-corrected chi connectivity index (χ3v) is 3.14. The topological polar surface area (TPSA) is 49.3 Å². The van der Waals surface area contributed by atoms with Crippen LogP contribution in [0, 0.1) is 5.41 Å². The van der Waals surface area contributed by atoms with Crippen molar-refractivity contribution >= 4 is 5.91 Å². The second-order valence-corrected chi connectivity index (χ2v) is 6.06. The predicted octanol–water partition coefficient (Wildman–Crippen LogP) is 2.77. The molecule has 21 heavy (non-hydrogen) atoms. The van der Waals surface area contributed by atoms with Crippen LogP contribution >= 0.6 is 0 Å². The van der Waals surface area contributed by atoms with E-state index in [1.807, 2.05) is 20.8 Å². The first kappa shape index (κ1) is 17.5. The zero-order valence-electron chi connectivity index (χ0n) is 12.3. The van der Waals surface area contributed by atoms with Crippen LogP contribution in [0.3, 0.4) is 0 Å². The Bertz CT molecular complexity index is 475. The van der Waals surface area contributed by atoms with E-state index in [0.29, 0.717) is 5.56 Å². The van der Waals surface area contributed by atoms with Gasteiger partial charge in [-0.15, -0.1) is 0 Å². The summed E-state index contributed by atoms with van der Waals surface area (Å²) >= 11 is 0. The Hall–Kier alpha value is -1.56. The van der Waals surface area contributed by atoms with Crippen molar-refractivity contribution in [3.63, 3.8) is 0 Å². The number of amides is 1. The molecule has 118 valence electrons. The zero-order valence-corrected chi connectivity index (χ0v) is 12.3. The van der Waals surface area contributed by atoms with Gasteiger partial charge in [-0.1, -0.05) is 32.9 Å². The number of hydrogen-bond acceptors (Lipinski definition) is 2. The van der Waals surface area contributed by atoms with E-state index in [2.05, 4.69) is 5.32 Å². The van der Waals surface area contributed by atoms with Crippen LogP contribution in [0.25, 0.3) is 0 Å². The number of rotatable bonds is 4. The quantitative estimate of drug-likeness (QED) is 0.898. The molecule has 0 radical (unpaired) electrons. The van der Waals surface area contributed by atoms with Gasteiger partial charge >= 0.3 is 6.18 Å². The maximum absolute atomic E-state index is 12.4. The Balaban J connectivity index is 2.52. The van der Waals surface area contributed by atoms with Gasteiger partial charge in [0.15, 0.2) is 0 Å². The highest BCUT2D eigenvalue weighted by Gasteiger charge is 2.30. The number of aliphatic hydroxyl groups excluding tert-OH is 1. The second-order valence-electron chi connectivity index (χ2n) is 6.06. The summed E-state index contributed by atoms with van der Waals surface area (Å²) in [6.07, 6.45) is -5.08. The van der Waals surface area contributed by atoms with E-state index in [0.717, 1.165) is 12.1 Å². The Kier molecular flexibility index (Phi) is 5.39. The highest BCUT2D eigenvalue weighted by Crippen LogP contribution is 2.29. The predicted molar refractivity (Wildman–Crippen MR) is 73.6 cm³/mol. The van der Waals surface area contributed by atoms with Gasteiger partial charge in [-0.05, 0) is 23.1 Å². The van der Waals surface area contributed by atoms with Gasteiger partial charge in [0.2, 0.25) is 5.91 Å². The van der Waals surface area contributed by atoms with E-state index >= 15 is 0 Å². The lowest BCUT2D eigenvalue weighted by Crippen LogP contribution is -2.39. The molecule has 0 aliphatic carbocycles. The number of hydrogen-bond donors (Lipinski definition) is 2. The average molecular weight is 303 g/mol. The summed E-state index contributed by atoms with van der Waals surface area (Å²) in [5.41, 5.74) is -0.595. The number of halogens is 3. The van der Waals surface area contributed by atoms with Crippen molar-refractivity contribution in [2.75, 3.05) is 6.54 Å². The summed E-state index contributed by atoms with van der Waals surface area (Å²) < 4.78 is 37.2. The molecule has 0 saturated carbocycles. The van der Waals surface area contributed by atoms with Crippen molar-refractivity contribution in [1.29, 1.82) is 0 Å². The Morgan fingerprint density at radius 1 is 1.19 bits per heavy atom. The van der Waals surface area contributed by atoms with E-state index in [-0.39, 0.29) is 24.3 Å².